The quantitative estimate of drug-likeness (QED) is 0.909. The van der Waals surface area contributed by atoms with Crippen molar-refractivity contribution in [3.05, 3.63) is 51.6 Å². The summed E-state index contributed by atoms with van der Waals surface area (Å²) in [5.41, 5.74) is 3.78. The van der Waals surface area contributed by atoms with Crippen molar-refractivity contribution in [1.29, 1.82) is 5.26 Å². The molecule has 1 aromatic heterocycles. The zero-order valence-electron chi connectivity index (χ0n) is 10.2. The lowest BCUT2D eigenvalue weighted by molar-refractivity contribution is 1.25. The van der Waals surface area contributed by atoms with Crippen LogP contribution in [0.25, 0.3) is 0 Å². The normalized spacial score (nSPS) is 9.89. The maximum absolute atomic E-state index is 9.11. The van der Waals surface area contributed by atoms with Crippen molar-refractivity contribution in [2.75, 3.05) is 5.32 Å². The van der Waals surface area contributed by atoms with Crippen molar-refractivity contribution < 1.29 is 0 Å². The molecule has 0 atom stereocenters. The molecule has 0 radical (unpaired) electrons. The summed E-state index contributed by atoms with van der Waals surface area (Å²) in [5, 5.41) is 12.3. The summed E-state index contributed by atoms with van der Waals surface area (Å²) in [4.78, 5) is 4.25. The van der Waals surface area contributed by atoms with E-state index in [0.717, 1.165) is 21.3 Å². The molecule has 90 valence electrons. The molecule has 4 heteroatoms. The van der Waals surface area contributed by atoms with E-state index in [2.05, 4.69) is 32.3 Å². The first kappa shape index (κ1) is 12.6. The molecule has 0 fully saturated rings. The lowest BCUT2D eigenvalue weighted by Gasteiger charge is -2.12. The lowest BCUT2D eigenvalue weighted by atomic mass is 10.1. The van der Waals surface area contributed by atoms with E-state index in [4.69, 9.17) is 5.26 Å². The van der Waals surface area contributed by atoms with Crippen molar-refractivity contribution in [2.45, 2.75) is 13.8 Å². The van der Waals surface area contributed by atoms with Gasteiger partial charge in [-0.3, -0.25) is 0 Å². The minimum absolute atomic E-state index is 0.520. The van der Waals surface area contributed by atoms with Crippen molar-refractivity contribution in [3.8, 4) is 6.07 Å². The molecule has 0 aliphatic heterocycles. The fourth-order valence-electron chi connectivity index (χ4n) is 1.75. The molecule has 0 aliphatic rings. The van der Waals surface area contributed by atoms with Crippen LogP contribution in [0.1, 0.15) is 16.7 Å². The van der Waals surface area contributed by atoms with E-state index in [1.54, 1.807) is 12.3 Å². The number of para-hydroxylation sites is 1. The number of aromatic nitrogens is 1. The summed E-state index contributed by atoms with van der Waals surface area (Å²) in [5.74, 6) is 0.582. The summed E-state index contributed by atoms with van der Waals surface area (Å²) in [6, 6.07) is 9.96. The third-order valence-electron chi connectivity index (χ3n) is 2.70. The molecule has 1 heterocycles. The van der Waals surface area contributed by atoms with E-state index >= 15 is 0 Å². The van der Waals surface area contributed by atoms with Gasteiger partial charge in [0, 0.05) is 16.4 Å². The van der Waals surface area contributed by atoms with Crippen LogP contribution in [-0.2, 0) is 0 Å². The maximum Gasteiger partial charge on any atom is 0.148 e. The van der Waals surface area contributed by atoms with E-state index < -0.39 is 0 Å². The van der Waals surface area contributed by atoms with E-state index in [1.807, 2.05) is 32.0 Å². The van der Waals surface area contributed by atoms with Crippen molar-refractivity contribution in [2.24, 2.45) is 0 Å². The number of benzene rings is 1. The summed E-state index contributed by atoms with van der Waals surface area (Å²) >= 11 is 3.31. The van der Waals surface area contributed by atoms with Crippen molar-refractivity contribution in [3.63, 3.8) is 0 Å². The minimum atomic E-state index is 0.520. The monoisotopic (exact) mass is 301 g/mol. The molecular weight excluding hydrogens is 290 g/mol. The molecule has 2 rings (SSSR count). The predicted octanol–water partition coefficient (Wildman–Crippen LogP) is 4.08. The number of nitriles is 1. The molecule has 0 saturated heterocycles. The maximum atomic E-state index is 9.11. The third kappa shape index (κ3) is 2.52. The van der Waals surface area contributed by atoms with Crippen molar-refractivity contribution in [1.82, 2.24) is 4.98 Å². The Bertz CT molecular complexity index is 609. The van der Waals surface area contributed by atoms with Crippen LogP contribution < -0.4 is 5.32 Å². The highest BCUT2D eigenvalue weighted by molar-refractivity contribution is 9.10. The molecule has 3 nitrogen and oxygen atoms in total. The van der Waals surface area contributed by atoms with Gasteiger partial charge in [-0.2, -0.15) is 5.26 Å². The highest BCUT2D eigenvalue weighted by Gasteiger charge is 2.08. The molecule has 2 aromatic rings. The molecule has 18 heavy (non-hydrogen) atoms. The number of rotatable bonds is 2. The SMILES string of the molecule is Cc1cccc(C)c1Nc1ncc(Br)cc1C#N. The summed E-state index contributed by atoms with van der Waals surface area (Å²) in [6.45, 7) is 4.06. The van der Waals surface area contributed by atoms with Crippen LogP contribution in [0, 0.1) is 25.2 Å². The molecule has 0 saturated carbocycles. The van der Waals surface area contributed by atoms with Gasteiger partial charge in [-0.05, 0) is 47.0 Å². The first-order chi connectivity index (χ1) is 8.61. The average Bonchev–Trinajstić information content (AvgIpc) is 2.35. The highest BCUT2D eigenvalue weighted by atomic mass is 79.9. The number of pyridine rings is 1. The Morgan fingerprint density at radius 3 is 2.56 bits per heavy atom. The van der Waals surface area contributed by atoms with E-state index in [9.17, 15) is 0 Å². The molecule has 0 amide bonds. The second-order valence-corrected chi connectivity index (χ2v) is 4.97. The first-order valence-corrected chi connectivity index (χ1v) is 6.30. The van der Waals surface area contributed by atoms with Crippen LogP contribution in [-0.4, -0.2) is 4.98 Å². The molecule has 0 aliphatic carbocycles. The molecule has 0 spiro atoms. The number of nitrogens with zero attached hydrogens (tertiary/aromatic N) is 2. The highest BCUT2D eigenvalue weighted by Crippen LogP contribution is 2.26. The van der Waals surface area contributed by atoms with E-state index in [1.165, 1.54) is 0 Å². The Labute approximate surface area is 115 Å². The largest absolute Gasteiger partial charge is 0.339 e. The van der Waals surface area contributed by atoms with Gasteiger partial charge in [0.05, 0.1) is 5.56 Å². The Kier molecular flexibility index (Phi) is 3.63. The van der Waals surface area contributed by atoms with Gasteiger partial charge >= 0.3 is 0 Å². The molecule has 0 unspecified atom stereocenters. The van der Waals surface area contributed by atoms with Gasteiger partial charge in [0.15, 0.2) is 0 Å². The van der Waals surface area contributed by atoms with Gasteiger partial charge < -0.3 is 5.32 Å². The van der Waals surface area contributed by atoms with Gasteiger partial charge in [-0.25, -0.2) is 4.98 Å². The average molecular weight is 302 g/mol. The number of halogens is 1. The Morgan fingerprint density at radius 1 is 1.28 bits per heavy atom. The third-order valence-corrected chi connectivity index (χ3v) is 3.13. The number of hydrogen-bond acceptors (Lipinski definition) is 3. The van der Waals surface area contributed by atoms with Gasteiger partial charge in [0.25, 0.3) is 0 Å². The van der Waals surface area contributed by atoms with Crippen LogP contribution >= 0.6 is 15.9 Å². The van der Waals surface area contributed by atoms with E-state index in [-0.39, 0.29) is 0 Å². The van der Waals surface area contributed by atoms with Crippen molar-refractivity contribution >= 4 is 27.4 Å². The topological polar surface area (TPSA) is 48.7 Å². The predicted molar refractivity (Wildman–Crippen MR) is 75.9 cm³/mol. The van der Waals surface area contributed by atoms with E-state index in [0.29, 0.717) is 11.4 Å². The summed E-state index contributed by atoms with van der Waals surface area (Å²) < 4.78 is 0.797. The molecule has 1 N–H and O–H groups in total. The lowest BCUT2D eigenvalue weighted by Crippen LogP contribution is -2.00. The molecule has 1 aromatic carbocycles. The van der Waals surface area contributed by atoms with Crippen LogP contribution in [0.3, 0.4) is 0 Å². The van der Waals surface area contributed by atoms with Crippen LogP contribution in [0.15, 0.2) is 34.9 Å². The van der Waals surface area contributed by atoms with Crippen LogP contribution in [0.5, 0.6) is 0 Å². The van der Waals surface area contributed by atoms with Gasteiger partial charge in [0.2, 0.25) is 0 Å². The number of anilines is 2. The number of hydrogen-bond donors (Lipinski definition) is 1. The second-order valence-electron chi connectivity index (χ2n) is 4.05. The van der Waals surface area contributed by atoms with Gasteiger partial charge in [-0.15, -0.1) is 0 Å². The Morgan fingerprint density at radius 2 is 1.94 bits per heavy atom. The minimum Gasteiger partial charge on any atom is -0.339 e. The molecular formula is C14H12BrN3. The zero-order chi connectivity index (χ0) is 13.1. The fourth-order valence-corrected chi connectivity index (χ4v) is 2.09. The number of aryl methyl sites for hydroxylation is 2. The Hall–Kier alpha value is -1.86. The number of nitrogens with one attached hydrogen (secondary N) is 1. The second kappa shape index (κ2) is 5.19. The summed E-state index contributed by atoms with van der Waals surface area (Å²) in [7, 11) is 0. The fraction of sp³-hybridized carbons (Fsp3) is 0.143. The van der Waals surface area contributed by atoms with Gasteiger partial charge in [0.1, 0.15) is 11.9 Å². The standard InChI is InChI=1S/C14H12BrN3/c1-9-4-3-5-10(2)13(9)18-14-11(7-16)6-12(15)8-17-14/h3-6,8H,1-2H3,(H,17,18). The Balaban J connectivity index is 2.44. The molecule has 0 bridgehead atoms. The van der Waals surface area contributed by atoms with Crippen LogP contribution in [0.4, 0.5) is 11.5 Å². The summed E-state index contributed by atoms with van der Waals surface area (Å²) in [6.07, 6.45) is 1.68. The van der Waals surface area contributed by atoms with Gasteiger partial charge in [-0.1, -0.05) is 18.2 Å². The zero-order valence-corrected chi connectivity index (χ0v) is 11.7. The first-order valence-electron chi connectivity index (χ1n) is 5.50. The van der Waals surface area contributed by atoms with Crippen LogP contribution in [0.2, 0.25) is 0 Å². The smallest absolute Gasteiger partial charge is 0.148 e.